The van der Waals surface area contributed by atoms with Gasteiger partial charge in [0, 0.05) is 19.3 Å². The van der Waals surface area contributed by atoms with Crippen molar-refractivity contribution >= 4 is 17.9 Å². The normalized spacial score (nSPS) is 12.7. The predicted molar refractivity (Wildman–Crippen MR) is 311 cm³/mol. The van der Waals surface area contributed by atoms with Gasteiger partial charge in [-0.05, 0) is 89.9 Å². The van der Waals surface area contributed by atoms with Crippen LogP contribution in [0.25, 0.3) is 0 Å². The quantitative estimate of drug-likeness (QED) is 0.0261. The van der Waals surface area contributed by atoms with Crippen molar-refractivity contribution in [3.8, 4) is 0 Å². The lowest BCUT2D eigenvalue weighted by molar-refractivity contribution is -0.167. The Morgan fingerprint density at radius 2 is 0.569 bits per heavy atom. The van der Waals surface area contributed by atoms with Crippen LogP contribution in [-0.2, 0) is 28.6 Å². The fourth-order valence-electron chi connectivity index (χ4n) is 8.57. The van der Waals surface area contributed by atoms with Gasteiger partial charge in [0.1, 0.15) is 13.2 Å². The van der Waals surface area contributed by atoms with E-state index in [9.17, 15) is 14.4 Å². The van der Waals surface area contributed by atoms with Crippen molar-refractivity contribution in [3.63, 3.8) is 0 Å². The molecule has 0 aliphatic carbocycles. The molecule has 0 bridgehead atoms. The van der Waals surface area contributed by atoms with Gasteiger partial charge in [-0.25, -0.2) is 0 Å². The van der Waals surface area contributed by atoms with Crippen molar-refractivity contribution in [2.45, 2.75) is 303 Å². The minimum atomic E-state index is -0.776. The van der Waals surface area contributed by atoms with Gasteiger partial charge >= 0.3 is 17.9 Å². The molecule has 0 spiro atoms. The minimum Gasteiger partial charge on any atom is -0.462 e. The Hall–Kier alpha value is -3.41. The Morgan fingerprint density at radius 3 is 0.917 bits per heavy atom. The lowest BCUT2D eigenvalue weighted by atomic mass is 10.0. The van der Waals surface area contributed by atoms with Gasteiger partial charge in [0.05, 0.1) is 0 Å². The van der Waals surface area contributed by atoms with Crippen LogP contribution in [0.4, 0.5) is 0 Å². The molecule has 0 aromatic carbocycles. The molecule has 0 rings (SSSR count). The Bertz CT molecular complexity index is 1380. The van der Waals surface area contributed by atoms with Gasteiger partial charge < -0.3 is 14.2 Å². The van der Waals surface area contributed by atoms with Gasteiger partial charge in [0.15, 0.2) is 6.10 Å². The van der Waals surface area contributed by atoms with Crippen LogP contribution in [0.5, 0.6) is 0 Å². The topological polar surface area (TPSA) is 78.9 Å². The third kappa shape index (κ3) is 57.5. The standard InChI is InChI=1S/C66H114O6/c1-4-7-10-13-16-19-22-24-25-26-27-28-29-30-31-32-33-34-35-36-37-38-39-40-41-43-44-47-50-53-56-59-65(68)71-62-63(61-70-64(67)58-55-52-49-46-21-18-15-12-9-6-3)72-66(69)60-57-54-51-48-45-42-23-20-17-14-11-8-5-2/h7,10,12,15-16,19,24-25,27-28,30-31,33-34,63H,4-6,8-9,11,13-14,17-18,20-23,26,29,32,35-62H2,1-3H3/b10-7-,15-12-,19-16-,25-24-,28-27-,31-30-,34-33-. The minimum absolute atomic E-state index is 0.0768. The molecule has 0 aliphatic rings. The van der Waals surface area contributed by atoms with E-state index in [2.05, 4.69) is 106 Å². The van der Waals surface area contributed by atoms with Gasteiger partial charge in [-0.15, -0.1) is 0 Å². The highest BCUT2D eigenvalue weighted by Crippen LogP contribution is 2.16. The van der Waals surface area contributed by atoms with Crippen molar-refractivity contribution in [2.24, 2.45) is 0 Å². The molecule has 0 heterocycles. The third-order valence-electron chi connectivity index (χ3n) is 13.1. The summed E-state index contributed by atoms with van der Waals surface area (Å²) in [4.78, 5) is 38.1. The van der Waals surface area contributed by atoms with Crippen LogP contribution < -0.4 is 0 Å². The molecule has 1 atom stereocenters. The van der Waals surface area contributed by atoms with Crippen molar-refractivity contribution in [1.29, 1.82) is 0 Å². The highest BCUT2D eigenvalue weighted by Gasteiger charge is 2.19. The molecule has 0 fully saturated rings. The molecule has 72 heavy (non-hydrogen) atoms. The average Bonchev–Trinajstić information content (AvgIpc) is 3.38. The van der Waals surface area contributed by atoms with Crippen LogP contribution in [0, 0.1) is 0 Å². The molecular formula is C66H114O6. The zero-order valence-electron chi connectivity index (χ0n) is 47.4. The SMILES string of the molecule is CC/C=C\C/C=C\C/C=C\C/C=C\C/C=C\C/C=C\CCCCCCCCCCCCCCC(=O)OCC(COC(=O)CCCCCCC/C=C\CCC)OC(=O)CCCCCCCCCCCCCCC. The first kappa shape index (κ1) is 68.6. The summed E-state index contributed by atoms with van der Waals surface area (Å²) >= 11 is 0. The van der Waals surface area contributed by atoms with Gasteiger partial charge in [-0.2, -0.15) is 0 Å². The van der Waals surface area contributed by atoms with Crippen LogP contribution >= 0.6 is 0 Å². The fraction of sp³-hybridized carbons (Fsp3) is 0.742. The Labute approximate surface area is 445 Å². The summed E-state index contributed by atoms with van der Waals surface area (Å²) in [7, 11) is 0. The molecule has 0 N–H and O–H groups in total. The highest BCUT2D eigenvalue weighted by atomic mass is 16.6. The number of carbonyl (C=O) groups excluding carboxylic acids is 3. The van der Waals surface area contributed by atoms with Crippen LogP contribution in [0.15, 0.2) is 85.1 Å². The van der Waals surface area contributed by atoms with Crippen molar-refractivity contribution < 1.29 is 28.6 Å². The molecule has 0 saturated heterocycles. The second-order valence-corrected chi connectivity index (χ2v) is 20.2. The number of allylic oxidation sites excluding steroid dienone is 14. The van der Waals surface area contributed by atoms with Crippen molar-refractivity contribution in [1.82, 2.24) is 0 Å². The second kappa shape index (κ2) is 60.1. The summed E-state index contributed by atoms with van der Waals surface area (Å²) in [6, 6.07) is 0. The first-order valence-electron chi connectivity index (χ1n) is 30.6. The van der Waals surface area contributed by atoms with Gasteiger partial charge in [-0.1, -0.05) is 273 Å². The lowest BCUT2D eigenvalue weighted by Gasteiger charge is -2.18. The van der Waals surface area contributed by atoms with E-state index in [0.717, 1.165) is 109 Å². The lowest BCUT2D eigenvalue weighted by Crippen LogP contribution is -2.30. The van der Waals surface area contributed by atoms with E-state index in [4.69, 9.17) is 14.2 Å². The van der Waals surface area contributed by atoms with E-state index in [0.29, 0.717) is 19.3 Å². The number of esters is 3. The number of carbonyl (C=O) groups is 3. The van der Waals surface area contributed by atoms with Gasteiger partial charge in [0.25, 0.3) is 0 Å². The Morgan fingerprint density at radius 1 is 0.292 bits per heavy atom. The summed E-state index contributed by atoms with van der Waals surface area (Å²) in [5.74, 6) is -0.880. The monoisotopic (exact) mass is 1000 g/mol. The molecule has 0 aromatic rings. The Kier molecular flexibility index (Phi) is 57.3. The average molecular weight is 1000 g/mol. The predicted octanol–water partition coefficient (Wildman–Crippen LogP) is 20.7. The highest BCUT2D eigenvalue weighted by molar-refractivity contribution is 5.71. The molecule has 6 heteroatoms. The molecule has 6 nitrogen and oxygen atoms in total. The molecule has 0 aliphatic heterocycles. The smallest absolute Gasteiger partial charge is 0.306 e. The fourth-order valence-corrected chi connectivity index (χ4v) is 8.57. The van der Waals surface area contributed by atoms with E-state index >= 15 is 0 Å². The number of ether oxygens (including phenoxy) is 3. The van der Waals surface area contributed by atoms with E-state index in [-0.39, 0.29) is 31.1 Å². The molecule has 1 unspecified atom stereocenters. The zero-order valence-corrected chi connectivity index (χ0v) is 47.4. The molecule has 0 radical (unpaired) electrons. The van der Waals surface area contributed by atoms with E-state index < -0.39 is 6.10 Å². The zero-order chi connectivity index (χ0) is 52.2. The number of hydrogen-bond acceptors (Lipinski definition) is 6. The first-order valence-corrected chi connectivity index (χ1v) is 30.6. The van der Waals surface area contributed by atoms with Crippen LogP contribution in [0.2, 0.25) is 0 Å². The van der Waals surface area contributed by atoms with Crippen LogP contribution in [-0.4, -0.2) is 37.2 Å². The van der Waals surface area contributed by atoms with E-state index in [1.165, 1.54) is 148 Å². The summed E-state index contributed by atoms with van der Waals surface area (Å²) in [5.41, 5.74) is 0. The van der Waals surface area contributed by atoms with Crippen molar-refractivity contribution in [3.05, 3.63) is 85.1 Å². The maximum Gasteiger partial charge on any atom is 0.306 e. The van der Waals surface area contributed by atoms with E-state index in [1.54, 1.807) is 0 Å². The summed E-state index contributed by atoms with van der Waals surface area (Å²) in [6.45, 7) is 6.47. The Balaban J connectivity index is 4.13. The summed E-state index contributed by atoms with van der Waals surface area (Å²) < 4.78 is 16.8. The van der Waals surface area contributed by atoms with E-state index in [1.807, 2.05) is 0 Å². The maximum absolute atomic E-state index is 12.8. The maximum atomic E-state index is 12.8. The van der Waals surface area contributed by atoms with Gasteiger partial charge in [-0.3, -0.25) is 14.4 Å². The summed E-state index contributed by atoms with van der Waals surface area (Å²) in [6.07, 6.45) is 78.8. The van der Waals surface area contributed by atoms with Crippen LogP contribution in [0.3, 0.4) is 0 Å². The molecule has 0 saturated carbocycles. The van der Waals surface area contributed by atoms with Crippen molar-refractivity contribution in [2.75, 3.05) is 13.2 Å². The first-order chi connectivity index (χ1) is 35.5. The number of hydrogen-bond donors (Lipinski definition) is 0. The van der Waals surface area contributed by atoms with Crippen LogP contribution in [0.1, 0.15) is 297 Å². The largest absolute Gasteiger partial charge is 0.462 e. The summed E-state index contributed by atoms with van der Waals surface area (Å²) in [5, 5.41) is 0. The molecule has 0 amide bonds. The third-order valence-corrected chi connectivity index (χ3v) is 13.1. The molecular weight excluding hydrogens is 889 g/mol. The second-order valence-electron chi connectivity index (χ2n) is 20.2. The van der Waals surface area contributed by atoms with Gasteiger partial charge in [0.2, 0.25) is 0 Å². The number of unbranched alkanes of at least 4 members (excludes halogenated alkanes) is 30. The molecule has 0 aromatic heterocycles. The number of rotatable bonds is 55. The molecule has 414 valence electrons.